The van der Waals surface area contributed by atoms with Crippen LogP contribution in [0.2, 0.25) is 0 Å². The zero-order valence-electron chi connectivity index (χ0n) is 7.44. The van der Waals surface area contributed by atoms with E-state index in [4.69, 9.17) is 0 Å². The zero-order valence-corrected chi connectivity index (χ0v) is 8.25. The molecule has 0 aromatic rings. The summed E-state index contributed by atoms with van der Waals surface area (Å²) in [6, 6.07) is 0.836. The molecule has 0 aliphatic carbocycles. The van der Waals surface area contributed by atoms with Crippen molar-refractivity contribution in [2.24, 2.45) is 0 Å². The Labute approximate surface area is 74.3 Å². The number of thioether (sulfide) groups is 1. The van der Waals surface area contributed by atoms with Crippen LogP contribution in [-0.4, -0.2) is 24.1 Å². The van der Waals surface area contributed by atoms with Crippen molar-refractivity contribution < 1.29 is 0 Å². The maximum absolute atomic E-state index is 3.61. The fourth-order valence-corrected chi connectivity index (χ4v) is 2.49. The lowest BCUT2D eigenvalue weighted by molar-refractivity contribution is 0.475. The van der Waals surface area contributed by atoms with Gasteiger partial charge in [-0.15, -0.1) is 0 Å². The molecule has 0 unspecified atom stereocenters. The number of hydrogen-bond donors (Lipinski definition) is 1. The molecule has 0 saturated carbocycles. The molecule has 1 nitrogen and oxygen atoms in total. The Bertz CT molecular complexity index is 89.6. The maximum atomic E-state index is 3.61. The summed E-state index contributed by atoms with van der Waals surface area (Å²) in [6.07, 6.45) is 5.42. The van der Waals surface area contributed by atoms with E-state index < -0.39 is 0 Å². The van der Waals surface area contributed by atoms with E-state index in [1.165, 1.54) is 43.7 Å². The van der Waals surface area contributed by atoms with E-state index in [9.17, 15) is 0 Å². The SMILES string of the molecule is CCCCNC1CCSCC1. The molecule has 1 N–H and O–H groups in total. The molecule has 1 saturated heterocycles. The Hall–Kier alpha value is 0.310. The average molecular weight is 173 g/mol. The monoisotopic (exact) mass is 173 g/mol. The zero-order chi connectivity index (χ0) is 7.94. The predicted octanol–water partition coefficient (Wildman–Crippen LogP) is 2.27. The van der Waals surface area contributed by atoms with E-state index in [1.54, 1.807) is 0 Å². The molecule has 1 aliphatic heterocycles. The predicted molar refractivity (Wildman–Crippen MR) is 53.3 cm³/mol. The molecular weight excluding hydrogens is 154 g/mol. The molecule has 1 heterocycles. The summed E-state index contributed by atoms with van der Waals surface area (Å²) in [7, 11) is 0. The third-order valence-electron chi connectivity index (χ3n) is 2.18. The van der Waals surface area contributed by atoms with E-state index in [0.717, 1.165) is 6.04 Å². The average Bonchev–Trinajstić information content (AvgIpc) is 2.07. The Morgan fingerprint density at radius 3 is 2.73 bits per heavy atom. The molecule has 0 spiro atoms. The molecule has 0 aromatic heterocycles. The molecule has 2 heteroatoms. The van der Waals surface area contributed by atoms with Crippen molar-refractivity contribution >= 4 is 11.8 Å². The second-order valence-electron chi connectivity index (χ2n) is 3.19. The van der Waals surface area contributed by atoms with Crippen molar-refractivity contribution in [2.75, 3.05) is 18.1 Å². The van der Waals surface area contributed by atoms with Gasteiger partial charge in [0.1, 0.15) is 0 Å². The van der Waals surface area contributed by atoms with Crippen LogP contribution in [0.4, 0.5) is 0 Å². The van der Waals surface area contributed by atoms with Crippen LogP contribution in [0.1, 0.15) is 32.6 Å². The summed E-state index contributed by atoms with van der Waals surface area (Å²) >= 11 is 2.10. The van der Waals surface area contributed by atoms with Gasteiger partial charge < -0.3 is 5.32 Å². The van der Waals surface area contributed by atoms with E-state index in [-0.39, 0.29) is 0 Å². The molecule has 66 valence electrons. The third kappa shape index (κ3) is 4.02. The normalized spacial score (nSPS) is 20.5. The molecule has 0 amide bonds. The van der Waals surface area contributed by atoms with Gasteiger partial charge in [0.15, 0.2) is 0 Å². The van der Waals surface area contributed by atoms with Crippen molar-refractivity contribution in [1.29, 1.82) is 0 Å². The first-order valence-electron chi connectivity index (χ1n) is 4.74. The quantitative estimate of drug-likeness (QED) is 0.655. The number of nitrogens with one attached hydrogen (secondary N) is 1. The van der Waals surface area contributed by atoms with Crippen LogP contribution in [0.3, 0.4) is 0 Å². The minimum Gasteiger partial charge on any atom is -0.314 e. The molecule has 1 rings (SSSR count). The largest absolute Gasteiger partial charge is 0.314 e. The molecule has 0 aromatic carbocycles. The van der Waals surface area contributed by atoms with Crippen molar-refractivity contribution in [3.05, 3.63) is 0 Å². The Balaban J connectivity index is 1.96. The van der Waals surface area contributed by atoms with Crippen LogP contribution < -0.4 is 5.32 Å². The van der Waals surface area contributed by atoms with Gasteiger partial charge >= 0.3 is 0 Å². The Morgan fingerprint density at radius 1 is 1.36 bits per heavy atom. The summed E-state index contributed by atoms with van der Waals surface area (Å²) in [5, 5.41) is 3.61. The summed E-state index contributed by atoms with van der Waals surface area (Å²) in [4.78, 5) is 0. The topological polar surface area (TPSA) is 12.0 Å². The third-order valence-corrected chi connectivity index (χ3v) is 3.23. The summed E-state index contributed by atoms with van der Waals surface area (Å²) in [5.74, 6) is 2.73. The smallest absolute Gasteiger partial charge is 0.00827 e. The summed E-state index contributed by atoms with van der Waals surface area (Å²) in [6.45, 7) is 3.48. The van der Waals surface area contributed by atoms with E-state index in [2.05, 4.69) is 24.0 Å². The lowest BCUT2D eigenvalue weighted by Gasteiger charge is -2.22. The number of rotatable bonds is 4. The van der Waals surface area contributed by atoms with E-state index >= 15 is 0 Å². The van der Waals surface area contributed by atoms with Gasteiger partial charge in [-0.3, -0.25) is 0 Å². The van der Waals surface area contributed by atoms with Crippen molar-refractivity contribution in [3.63, 3.8) is 0 Å². The fraction of sp³-hybridized carbons (Fsp3) is 1.00. The van der Waals surface area contributed by atoms with Gasteiger partial charge in [-0.2, -0.15) is 11.8 Å². The second kappa shape index (κ2) is 5.90. The second-order valence-corrected chi connectivity index (χ2v) is 4.42. The lowest BCUT2D eigenvalue weighted by Crippen LogP contribution is -2.33. The molecule has 1 fully saturated rings. The van der Waals surface area contributed by atoms with Crippen LogP contribution in [0.5, 0.6) is 0 Å². The maximum Gasteiger partial charge on any atom is 0.00827 e. The first-order chi connectivity index (χ1) is 5.43. The van der Waals surface area contributed by atoms with Gasteiger partial charge in [0, 0.05) is 6.04 Å². The molecule has 0 bridgehead atoms. The van der Waals surface area contributed by atoms with Gasteiger partial charge in [-0.05, 0) is 37.3 Å². The Morgan fingerprint density at radius 2 is 2.09 bits per heavy atom. The van der Waals surface area contributed by atoms with Crippen LogP contribution >= 0.6 is 11.8 Å². The van der Waals surface area contributed by atoms with Crippen LogP contribution in [-0.2, 0) is 0 Å². The van der Waals surface area contributed by atoms with Gasteiger partial charge in [0.25, 0.3) is 0 Å². The highest BCUT2D eigenvalue weighted by Gasteiger charge is 2.11. The highest BCUT2D eigenvalue weighted by Crippen LogP contribution is 2.16. The Kier molecular flexibility index (Phi) is 5.04. The fourth-order valence-electron chi connectivity index (χ4n) is 1.38. The summed E-state index contributed by atoms with van der Waals surface area (Å²) < 4.78 is 0. The van der Waals surface area contributed by atoms with Crippen LogP contribution in [0, 0.1) is 0 Å². The van der Waals surface area contributed by atoms with Gasteiger partial charge in [0.05, 0.1) is 0 Å². The van der Waals surface area contributed by atoms with Crippen LogP contribution in [0.15, 0.2) is 0 Å². The van der Waals surface area contributed by atoms with Crippen LogP contribution in [0.25, 0.3) is 0 Å². The first-order valence-corrected chi connectivity index (χ1v) is 5.90. The van der Waals surface area contributed by atoms with E-state index in [1.807, 2.05) is 0 Å². The molecule has 11 heavy (non-hydrogen) atoms. The van der Waals surface area contributed by atoms with Gasteiger partial charge in [-0.25, -0.2) is 0 Å². The number of unbranched alkanes of at least 4 members (excludes halogenated alkanes) is 1. The highest BCUT2D eigenvalue weighted by molar-refractivity contribution is 7.99. The molecule has 1 aliphatic rings. The minimum atomic E-state index is 0.836. The number of hydrogen-bond acceptors (Lipinski definition) is 2. The molecule has 0 radical (unpaired) electrons. The summed E-state index contributed by atoms with van der Waals surface area (Å²) in [5.41, 5.74) is 0. The van der Waals surface area contributed by atoms with Crippen molar-refractivity contribution in [3.8, 4) is 0 Å². The van der Waals surface area contributed by atoms with Crippen molar-refractivity contribution in [2.45, 2.75) is 38.6 Å². The van der Waals surface area contributed by atoms with Gasteiger partial charge in [0.2, 0.25) is 0 Å². The first kappa shape index (κ1) is 9.40. The molecular formula is C9H19NS. The minimum absolute atomic E-state index is 0.836. The van der Waals surface area contributed by atoms with E-state index in [0.29, 0.717) is 0 Å². The lowest BCUT2D eigenvalue weighted by atomic mass is 10.1. The highest BCUT2D eigenvalue weighted by atomic mass is 32.2. The standard InChI is InChI=1S/C9H19NS/c1-2-3-6-10-9-4-7-11-8-5-9/h9-10H,2-8H2,1H3. The van der Waals surface area contributed by atoms with Crippen molar-refractivity contribution in [1.82, 2.24) is 5.32 Å². The molecule has 0 atom stereocenters. The van der Waals surface area contributed by atoms with Gasteiger partial charge in [-0.1, -0.05) is 13.3 Å².